The molecule has 0 aliphatic carbocycles. The second-order valence-corrected chi connectivity index (χ2v) is 3.48. The monoisotopic (exact) mass is 278 g/mol. The summed E-state index contributed by atoms with van der Waals surface area (Å²) < 4.78 is 44.1. The Bertz CT molecular complexity index is 407. The highest BCUT2D eigenvalue weighted by Crippen LogP contribution is 2.23. The number of ether oxygens (including phenoxy) is 2. The molecule has 0 aliphatic rings. The van der Waals surface area contributed by atoms with E-state index in [1.807, 2.05) is 0 Å². The molecule has 0 radical (unpaired) electrons. The lowest BCUT2D eigenvalue weighted by Gasteiger charge is -2.10. The number of carbonyl (C=O) groups excluding carboxylic acids is 1. The van der Waals surface area contributed by atoms with Crippen molar-refractivity contribution >= 4 is 11.8 Å². The van der Waals surface area contributed by atoms with E-state index in [0.717, 1.165) is 12.1 Å². The van der Waals surface area contributed by atoms with Gasteiger partial charge < -0.3 is 15.2 Å². The number of anilines is 1. The van der Waals surface area contributed by atoms with Crippen molar-refractivity contribution in [3.05, 3.63) is 24.3 Å². The first-order valence-electron chi connectivity index (χ1n) is 5.40. The van der Waals surface area contributed by atoms with Crippen LogP contribution in [-0.4, -0.2) is 25.6 Å². The first-order valence-corrected chi connectivity index (χ1v) is 5.40. The van der Waals surface area contributed by atoms with Crippen molar-refractivity contribution in [3.63, 3.8) is 0 Å². The van der Waals surface area contributed by atoms with Gasteiger partial charge in [-0.05, 0) is 37.2 Å². The maximum absolute atomic E-state index is 11.9. The standard InChI is InChI=1S/C11H13F3N2O3/c12-11(13,14)19-9-4-2-8(3-5-9)16-10(17)18-7-1-6-15/h2-5H,1,6-7,15H2,(H,16,17). The van der Waals surface area contributed by atoms with Gasteiger partial charge in [0.15, 0.2) is 0 Å². The summed E-state index contributed by atoms with van der Waals surface area (Å²) in [5.74, 6) is -0.366. The zero-order chi connectivity index (χ0) is 14.3. The van der Waals surface area contributed by atoms with Gasteiger partial charge in [0.25, 0.3) is 0 Å². The van der Waals surface area contributed by atoms with E-state index in [1.54, 1.807) is 0 Å². The van der Waals surface area contributed by atoms with E-state index in [-0.39, 0.29) is 12.4 Å². The van der Waals surface area contributed by atoms with Gasteiger partial charge in [-0.3, -0.25) is 5.32 Å². The van der Waals surface area contributed by atoms with Crippen LogP contribution in [0.25, 0.3) is 0 Å². The summed E-state index contributed by atoms with van der Waals surface area (Å²) in [6, 6.07) is 4.71. The van der Waals surface area contributed by atoms with Gasteiger partial charge >= 0.3 is 12.5 Å². The van der Waals surface area contributed by atoms with E-state index in [4.69, 9.17) is 10.5 Å². The normalized spacial score (nSPS) is 10.9. The van der Waals surface area contributed by atoms with Crippen LogP contribution < -0.4 is 15.8 Å². The van der Waals surface area contributed by atoms with Gasteiger partial charge in [0.05, 0.1) is 6.61 Å². The van der Waals surface area contributed by atoms with Gasteiger partial charge in [0, 0.05) is 5.69 Å². The molecule has 106 valence electrons. The number of nitrogens with one attached hydrogen (secondary N) is 1. The number of rotatable bonds is 5. The van der Waals surface area contributed by atoms with Crippen LogP contribution >= 0.6 is 0 Å². The van der Waals surface area contributed by atoms with Crippen molar-refractivity contribution in [2.75, 3.05) is 18.5 Å². The van der Waals surface area contributed by atoms with Gasteiger partial charge in [-0.15, -0.1) is 13.2 Å². The van der Waals surface area contributed by atoms with Crippen LogP contribution in [0.1, 0.15) is 6.42 Å². The fourth-order valence-electron chi connectivity index (χ4n) is 1.14. The Labute approximate surface area is 107 Å². The van der Waals surface area contributed by atoms with E-state index in [0.29, 0.717) is 18.7 Å². The van der Waals surface area contributed by atoms with Crippen molar-refractivity contribution in [3.8, 4) is 5.75 Å². The molecule has 0 aromatic heterocycles. The maximum Gasteiger partial charge on any atom is 0.573 e. The minimum absolute atomic E-state index is 0.178. The SMILES string of the molecule is NCCCOC(=O)Nc1ccc(OC(F)(F)F)cc1. The van der Waals surface area contributed by atoms with Crippen LogP contribution in [0.4, 0.5) is 23.7 Å². The zero-order valence-corrected chi connectivity index (χ0v) is 9.87. The molecular weight excluding hydrogens is 265 g/mol. The summed E-state index contributed by atoms with van der Waals surface area (Å²) in [6.07, 6.45) is -4.90. The van der Waals surface area contributed by atoms with Gasteiger partial charge in [-0.1, -0.05) is 0 Å². The Balaban J connectivity index is 2.46. The predicted molar refractivity (Wildman–Crippen MR) is 61.8 cm³/mol. The molecule has 1 amide bonds. The zero-order valence-electron chi connectivity index (χ0n) is 9.87. The smallest absolute Gasteiger partial charge is 0.449 e. The Morgan fingerprint density at radius 3 is 2.42 bits per heavy atom. The van der Waals surface area contributed by atoms with Crippen LogP contribution in [0, 0.1) is 0 Å². The van der Waals surface area contributed by atoms with Crippen LogP contribution in [0.15, 0.2) is 24.3 Å². The minimum atomic E-state index is -4.74. The van der Waals surface area contributed by atoms with E-state index in [1.165, 1.54) is 12.1 Å². The number of amides is 1. The van der Waals surface area contributed by atoms with E-state index in [9.17, 15) is 18.0 Å². The lowest BCUT2D eigenvalue weighted by molar-refractivity contribution is -0.274. The number of nitrogens with two attached hydrogens (primary N) is 1. The Hall–Kier alpha value is -1.96. The van der Waals surface area contributed by atoms with Crippen LogP contribution in [-0.2, 0) is 4.74 Å². The lowest BCUT2D eigenvalue weighted by atomic mass is 10.3. The molecule has 19 heavy (non-hydrogen) atoms. The second kappa shape index (κ2) is 6.83. The Morgan fingerprint density at radius 2 is 1.89 bits per heavy atom. The molecule has 0 atom stereocenters. The molecule has 8 heteroatoms. The highest BCUT2D eigenvalue weighted by molar-refractivity contribution is 5.84. The number of hydrogen-bond donors (Lipinski definition) is 2. The van der Waals surface area contributed by atoms with E-state index < -0.39 is 12.5 Å². The molecule has 0 bridgehead atoms. The third kappa shape index (κ3) is 6.51. The third-order valence-corrected chi connectivity index (χ3v) is 1.92. The predicted octanol–water partition coefficient (Wildman–Crippen LogP) is 2.48. The molecule has 3 N–H and O–H groups in total. The fraction of sp³-hybridized carbons (Fsp3) is 0.364. The first-order chi connectivity index (χ1) is 8.90. The second-order valence-electron chi connectivity index (χ2n) is 3.48. The van der Waals surface area contributed by atoms with Gasteiger partial charge in [-0.25, -0.2) is 4.79 Å². The number of hydrogen-bond acceptors (Lipinski definition) is 4. The Kier molecular flexibility index (Phi) is 5.43. The highest BCUT2D eigenvalue weighted by atomic mass is 19.4. The first kappa shape index (κ1) is 15.1. The van der Waals surface area contributed by atoms with Gasteiger partial charge in [0.1, 0.15) is 5.75 Å². The van der Waals surface area contributed by atoms with Crippen LogP contribution in [0.2, 0.25) is 0 Å². The average Bonchev–Trinajstić information content (AvgIpc) is 2.30. The summed E-state index contributed by atoms with van der Waals surface area (Å²) in [5.41, 5.74) is 5.52. The largest absolute Gasteiger partial charge is 0.573 e. The molecule has 0 heterocycles. The van der Waals surface area contributed by atoms with Crippen molar-refractivity contribution < 1.29 is 27.4 Å². The summed E-state index contributed by atoms with van der Waals surface area (Å²) >= 11 is 0. The lowest BCUT2D eigenvalue weighted by Crippen LogP contribution is -2.17. The number of alkyl halides is 3. The summed E-state index contributed by atoms with van der Waals surface area (Å²) in [5, 5.41) is 2.35. The molecule has 0 saturated heterocycles. The molecule has 0 unspecified atom stereocenters. The third-order valence-electron chi connectivity index (χ3n) is 1.92. The molecule has 1 aromatic rings. The van der Waals surface area contributed by atoms with Gasteiger partial charge in [0.2, 0.25) is 0 Å². The van der Waals surface area contributed by atoms with E-state index >= 15 is 0 Å². The highest BCUT2D eigenvalue weighted by Gasteiger charge is 2.30. The molecule has 1 aromatic carbocycles. The molecule has 0 spiro atoms. The topological polar surface area (TPSA) is 73.6 Å². The molecule has 0 fully saturated rings. The summed E-state index contributed by atoms with van der Waals surface area (Å²) in [7, 11) is 0. The molecule has 1 rings (SSSR count). The number of halogens is 3. The van der Waals surface area contributed by atoms with Crippen LogP contribution in [0.3, 0.4) is 0 Å². The maximum atomic E-state index is 11.9. The van der Waals surface area contributed by atoms with Crippen molar-refractivity contribution in [2.45, 2.75) is 12.8 Å². The van der Waals surface area contributed by atoms with E-state index in [2.05, 4.69) is 10.1 Å². The Morgan fingerprint density at radius 1 is 1.26 bits per heavy atom. The van der Waals surface area contributed by atoms with Crippen molar-refractivity contribution in [1.29, 1.82) is 0 Å². The van der Waals surface area contributed by atoms with Gasteiger partial charge in [-0.2, -0.15) is 0 Å². The van der Waals surface area contributed by atoms with Crippen LogP contribution in [0.5, 0.6) is 5.75 Å². The average molecular weight is 278 g/mol. The molecular formula is C11H13F3N2O3. The summed E-state index contributed by atoms with van der Waals surface area (Å²) in [6.45, 7) is 0.578. The fourth-order valence-corrected chi connectivity index (χ4v) is 1.14. The van der Waals surface area contributed by atoms with Crippen molar-refractivity contribution in [1.82, 2.24) is 0 Å². The molecule has 0 aliphatic heterocycles. The molecule has 0 saturated carbocycles. The quantitative estimate of drug-likeness (QED) is 0.811. The number of carbonyl (C=O) groups is 1. The van der Waals surface area contributed by atoms with Crippen molar-refractivity contribution in [2.24, 2.45) is 5.73 Å². The number of benzene rings is 1. The summed E-state index contributed by atoms with van der Waals surface area (Å²) in [4.78, 5) is 11.2. The molecule has 5 nitrogen and oxygen atoms in total. The minimum Gasteiger partial charge on any atom is -0.449 e.